The van der Waals surface area contributed by atoms with Crippen molar-refractivity contribution >= 4 is 35.4 Å². The first-order valence-electron chi connectivity index (χ1n) is 14.7. The molecule has 0 spiro atoms. The van der Waals surface area contributed by atoms with Gasteiger partial charge < -0.3 is 31.1 Å². The van der Waals surface area contributed by atoms with E-state index in [0.29, 0.717) is 11.6 Å². The third-order valence-corrected chi connectivity index (χ3v) is 6.28. The summed E-state index contributed by atoms with van der Waals surface area (Å²) >= 11 is 5.98. The standard InChI is InChI=1S/C30H41ClN4O6.C2H6/c1-6-22(26(37)34-23(25(36)28(39)32-7-2)17-20-13-15-21(31)16-14-20)33-27(38)24(18-19-11-9-8-10-12-19)35-29(40)41-30(3,4)5;1-2/h8-16,22-25,36H,6-7,17-18H2,1-5H3,(H,32,39)(H,33,38)(H,34,37)(H,35,40);1-2H3/t22-,23-,24?,25?;/m0./s1. The molecule has 4 atom stereocenters. The number of aliphatic hydroxyl groups is 1. The highest BCUT2D eigenvalue weighted by atomic mass is 35.5. The van der Waals surface area contributed by atoms with E-state index < -0.39 is 53.6 Å². The summed E-state index contributed by atoms with van der Waals surface area (Å²) in [5.74, 6) is -1.80. The van der Waals surface area contributed by atoms with Crippen molar-refractivity contribution in [2.24, 2.45) is 0 Å². The van der Waals surface area contributed by atoms with Gasteiger partial charge in [-0.3, -0.25) is 14.4 Å². The first kappa shape index (κ1) is 37.4. The van der Waals surface area contributed by atoms with Crippen molar-refractivity contribution in [1.82, 2.24) is 21.3 Å². The molecule has 0 bridgehead atoms. The van der Waals surface area contributed by atoms with Gasteiger partial charge in [0.1, 0.15) is 17.7 Å². The molecule has 5 N–H and O–H groups in total. The predicted molar refractivity (Wildman–Crippen MR) is 169 cm³/mol. The van der Waals surface area contributed by atoms with Crippen molar-refractivity contribution in [2.75, 3.05) is 6.54 Å². The van der Waals surface area contributed by atoms with Gasteiger partial charge >= 0.3 is 6.09 Å². The highest BCUT2D eigenvalue weighted by Crippen LogP contribution is 2.14. The summed E-state index contributed by atoms with van der Waals surface area (Å²) in [5.41, 5.74) is 0.771. The van der Waals surface area contributed by atoms with E-state index in [-0.39, 0.29) is 19.3 Å². The Balaban J connectivity index is 0.00000452. The second-order valence-electron chi connectivity index (χ2n) is 10.6. The zero-order valence-corrected chi connectivity index (χ0v) is 27.0. The highest BCUT2D eigenvalue weighted by Gasteiger charge is 2.32. The Bertz CT molecular complexity index is 1150. The van der Waals surface area contributed by atoms with E-state index in [9.17, 15) is 24.3 Å². The number of carbonyl (C=O) groups is 4. The summed E-state index contributed by atoms with van der Waals surface area (Å²) in [6.45, 7) is 12.9. The summed E-state index contributed by atoms with van der Waals surface area (Å²) < 4.78 is 5.34. The Labute approximate surface area is 260 Å². The fourth-order valence-electron chi connectivity index (χ4n) is 4.00. The average molecular weight is 619 g/mol. The summed E-state index contributed by atoms with van der Waals surface area (Å²) in [6.07, 6.45) is -1.78. The van der Waals surface area contributed by atoms with Crippen LogP contribution in [0.3, 0.4) is 0 Å². The van der Waals surface area contributed by atoms with Gasteiger partial charge in [-0.15, -0.1) is 0 Å². The molecule has 0 fully saturated rings. The predicted octanol–water partition coefficient (Wildman–Crippen LogP) is 3.92. The number of rotatable bonds is 13. The molecule has 0 aromatic heterocycles. The molecular weight excluding hydrogens is 572 g/mol. The summed E-state index contributed by atoms with van der Waals surface area (Å²) in [7, 11) is 0. The summed E-state index contributed by atoms with van der Waals surface area (Å²) in [6, 6.07) is 12.9. The third-order valence-electron chi connectivity index (χ3n) is 6.03. The first-order valence-corrected chi connectivity index (χ1v) is 15.0. The Kier molecular flexibility index (Phi) is 16.4. The minimum atomic E-state index is -1.54. The number of halogens is 1. The van der Waals surface area contributed by atoms with Gasteiger partial charge in [0.2, 0.25) is 11.8 Å². The van der Waals surface area contributed by atoms with E-state index in [4.69, 9.17) is 16.3 Å². The molecule has 4 amide bonds. The van der Waals surface area contributed by atoms with Gasteiger partial charge in [0.15, 0.2) is 6.10 Å². The number of aliphatic hydroxyl groups excluding tert-OH is 1. The van der Waals surface area contributed by atoms with Crippen molar-refractivity contribution < 1.29 is 29.0 Å². The smallest absolute Gasteiger partial charge is 0.408 e. The van der Waals surface area contributed by atoms with Crippen LogP contribution in [-0.2, 0) is 32.0 Å². The van der Waals surface area contributed by atoms with Crippen LogP contribution in [0, 0.1) is 0 Å². The SMILES string of the molecule is CC.CCNC(=O)C(O)[C@H](Cc1ccc(Cl)cc1)NC(=O)[C@H](CC)NC(=O)C(Cc1ccccc1)NC(=O)OC(C)(C)C. The lowest BCUT2D eigenvalue weighted by Crippen LogP contribution is -2.58. The van der Waals surface area contributed by atoms with Crippen LogP contribution in [0.1, 0.15) is 66.0 Å². The monoisotopic (exact) mass is 618 g/mol. The number of nitrogens with one attached hydrogen (secondary N) is 4. The molecule has 238 valence electrons. The van der Waals surface area contributed by atoms with Crippen molar-refractivity contribution in [3.05, 3.63) is 70.7 Å². The Morgan fingerprint density at radius 1 is 0.791 bits per heavy atom. The van der Waals surface area contributed by atoms with Gasteiger partial charge in [0.05, 0.1) is 6.04 Å². The maximum Gasteiger partial charge on any atom is 0.408 e. The maximum absolute atomic E-state index is 13.4. The van der Waals surface area contributed by atoms with Crippen LogP contribution < -0.4 is 21.3 Å². The molecule has 10 nitrogen and oxygen atoms in total. The van der Waals surface area contributed by atoms with Crippen LogP contribution in [0.15, 0.2) is 54.6 Å². The molecule has 0 saturated carbocycles. The van der Waals surface area contributed by atoms with Crippen LogP contribution in [0.5, 0.6) is 0 Å². The number of alkyl carbamates (subject to hydrolysis) is 1. The van der Waals surface area contributed by atoms with E-state index in [1.165, 1.54) is 0 Å². The van der Waals surface area contributed by atoms with E-state index in [1.54, 1.807) is 58.9 Å². The summed E-state index contributed by atoms with van der Waals surface area (Å²) in [5, 5.41) is 21.9. The zero-order chi connectivity index (χ0) is 32.6. The van der Waals surface area contributed by atoms with Crippen LogP contribution in [0.4, 0.5) is 4.79 Å². The molecule has 0 aliphatic heterocycles. The van der Waals surface area contributed by atoms with Crippen LogP contribution in [0.25, 0.3) is 0 Å². The minimum absolute atomic E-state index is 0.141. The quantitative estimate of drug-likeness (QED) is 0.230. The minimum Gasteiger partial charge on any atom is -0.444 e. The number of benzene rings is 2. The molecule has 0 aliphatic carbocycles. The van der Waals surface area contributed by atoms with E-state index in [1.807, 2.05) is 44.2 Å². The Morgan fingerprint density at radius 2 is 1.35 bits per heavy atom. The normalized spacial score (nSPS) is 13.6. The van der Waals surface area contributed by atoms with E-state index in [0.717, 1.165) is 11.1 Å². The highest BCUT2D eigenvalue weighted by molar-refractivity contribution is 6.30. The van der Waals surface area contributed by atoms with Gasteiger partial charge in [-0.05, 0) is 63.8 Å². The fourth-order valence-corrected chi connectivity index (χ4v) is 4.12. The number of hydrogen-bond acceptors (Lipinski definition) is 6. The van der Waals surface area contributed by atoms with Gasteiger partial charge in [0.25, 0.3) is 5.91 Å². The molecule has 11 heteroatoms. The molecule has 2 rings (SSSR count). The molecule has 2 aromatic carbocycles. The van der Waals surface area contributed by atoms with Gasteiger partial charge in [-0.1, -0.05) is 74.8 Å². The lowest BCUT2D eigenvalue weighted by Gasteiger charge is -2.28. The second-order valence-corrected chi connectivity index (χ2v) is 11.1. The average Bonchev–Trinajstić information content (AvgIpc) is 2.96. The molecule has 2 unspecified atom stereocenters. The molecule has 2 aromatic rings. The number of likely N-dealkylation sites (N-methyl/N-ethyl adjacent to an activating group) is 1. The molecule has 0 saturated heterocycles. The van der Waals surface area contributed by atoms with Crippen molar-refractivity contribution in [2.45, 2.75) is 97.6 Å². The maximum atomic E-state index is 13.4. The number of ether oxygens (including phenoxy) is 1. The lowest BCUT2D eigenvalue weighted by molar-refractivity contribution is -0.134. The Morgan fingerprint density at radius 3 is 1.88 bits per heavy atom. The van der Waals surface area contributed by atoms with Crippen LogP contribution >= 0.6 is 11.6 Å². The lowest BCUT2D eigenvalue weighted by atomic mass is 9.99. The first-order chi connectivity index (χ1) is 20.3. The van der Waals surface area contributed by atoms with Crippen LogP contribution in [0.2, 0.25) is 5.02 Å². The molecule has 0 heterocycles. The number of carbonyl (C=O) groups excluding carboxylic acids is 4. The third kappa shape index (κ3) is 13.9. The number of hydrogen-bond donors (Lipinski definition) is 5. The van der Waals surface area contributed by atoms with Crippen molar-refractivity contribution in [1.29, 1.82) is 0 Å². The molecular formula is C32H47ClN4O6. The topological polar surface area (TPSA) is 146 Å². The van der Waals surface area contributed by atoms with Gasteiger partial charge in [-0.2, -0.15) is 0 Å². The fraction of sp³-hybridized carbons (Fsp3) is 0.500. The molecule has 43 heavy (non-hydrogen) atoms. The van der Waals surface area contributed by atoms with Crippen molar-refractivity contribution in [3.63, 3.8) is 0 Å². The number of amides is 4. The zero-order valence-electron chi connectivity index (χ0n) is 26.2. The largest absolute Gasteiger partial charge is 0.444 e. The van der Waals surface area contributed by atoms with Crippen LogP contribution in [-0.4, -0.2) is 65.3 Å². The second kappa shape index (κ2) is 18.8. The Hall–Kier alpha value is -3.63. The molecule has 0 aliphatic rings. The van der Waals surface area contributed by atoms with Gasteiger partial charge in [0, 0.05) is 18.0 Å². The molecule has 0 radical (unpaired) electrons. The van der Waals surface area contributed by atoms with Gasteiger partial charge in [-0.25, -0.2) is 4.79 Å². The van der Waals surface area contributed by atoms with Crippen molar-refractivity contribution in [3.8, 4) is 0 Å². The van der Waals surface area contributed by atoms with E-state index in [2.05, 4.69) is 21.3 Å². The van der Waals surface area contributed by atoms with E-state index >= 15 is 0 Å². The summed E-state index contributed by atoms with van der Waals surface area (Å²) in [4.78, 5) is 51.7.